The molecule has 0 bridgehead atoms. The standard InChI is InChI=1S/C17H12F3NO3.C13H11NO/c1-9-2-3-14(13(4-9)8-21)10-5-11(15(22)17(18,19)20)7-12(6-10)16(23)24;14-13(15)12-8-4-7-11(9-12)10-5-2-1-3-6-10/h2-7,15,22H,1H3,(H,23,24);1-9H,(H2,14,15). The molecule has 0 radical (unpaired) electrons. The number of halogens is 3. The fraction of sp³-hybridized carbons (Fsp3) is 0.100. The van der Waals surface area contributed by atoms with Gasteiger partial charge in [-0.2, -0.15) is 18.4 Å². The number of hydrogen-bond donors (Lipinski definition) is 3. The number of primary amides is 1. The van der Waals surface area contributed by atoms with Gasteiger partial charge in [-0.1, -0.05) is 54.6 Å². The molecule has 0 aliphatic heterocycles. The Kier molecular flexibility index (Phi) is 8.86. The first kappa shape index (κ1) is 28.6. The van der Waals surface area contributed by atoms with E-state index in [1.165, 1.54) is 12.1 Å². The molecule has 198 valence electrons. The fourth-order valence-corrected chi connectivity index (χ4v) is 3.76. The smallest absolute Gasteiger partial charge is 0.418 e. The van der Waals surface area contributed by atoms with Crippen molar-refractivity contribution in [3.05, 3.63) is 119 Å². The van der Waals surface area contributed by atoms with E-state index >= 15 is 0 Å². The molecule has 0 saturated carbocycles. The van der Waals surface area contributed by atoms with E-state index in [0.717, 1.165) is 28.8 Å². The second-order valence-electron chi connectivity index (χ2n) is 8.56. The maximum absolute atomic E-state index is 12.8. The van der Waals surface area contributed by atoms with Crippen molar-refractivity contribution >= 4 is 11.9 Å². The number of nitriles is 1. The molecule has 4 aromatic rings. The molecule has 1 amide bonds. The highest BCUT2D eigenvalue weighted by Crippen LogP contribution is 2.36. The van der Waals surface area contributed by atoms with Crippen LogP contribution in [0, 0.1) is 18.3 Å². The third kappa shape index (κ3) is 7.31. The van der Waals surface area contributed by atoms with E-state index in [-0.39, 0.29) is 11.1 Å². The lowest BCUT2D eigenvalue weighted by molar-refractivity contribution is -0.206. The zero-order valence-corrected chi connectivity index (χ0v) is 20.6. The zero-order chi connectivity index (χ0) is 28.7. The summed E-state index contributed by atoms with van der Waals surface area (Å²) in [6.07, 6.45) is -7.74. The maximum atomic E-state index is 12.8. The number of aliphatic hydroxyl groups is 1. The van der Waals surface area contributed by atoms with Crippen LogP contribution in [0.1, 0.15) is 43.5 Å². The summed E-state index contributed by atoms with van der Waals surface area (Å²) in [4.78, 5) is 22.2. The Morgan fingerprint density at radius 1 is 0.846 bits per heavy atom. The highest BCUT2D eigenvalue weighted by molar-refractivity contribution is 5.94. The van der Waals surface area contributed by atoms with Crippen LogP contribution in [0.4, 0.5) is 13.2 Å². The second kappa shape index (κ2) is 12.1. The minimum atomic E-state index is -4.93. The van der Waals surface area contributed by atoms with Gasteiger partial charge >= 0.3 is 12.1 Å². The number of carboxylic acids is 1. The summed E-state index contributed by atoms with van der Waals surface area (Å²) in [7, 11) is 0. The Morgan fingerprint density at radius 2 is 1.49 bits per heavy atom. The molecule has 0 heterocycles. The Hall–Kier alpha value is -4.94. The molecule has 4 N–H and O–H groups in total. The van der Waals surface area contributed by atoms with Crippen molar-refractivity contribution in [3.63, 3.8) is 0 Å². The molecule has 0 spiro atoms. The van der Waals surface area contributed by atoms with Gasteiger partial charge in [0.15, 0.2) is 6.10 Å². The van der Waals surface area contributed by atoms with Crippen molar-refractivity contribution in [3.8, 4) is 28.3 Å². The predicted molar refractivity (Wildman–Crippen MR) is 140 cm³/mol. The van der Waals surface area contributed by atoms with Gasteiger partial charge in [0.25, 0.3) is 0 Å². The van der Waals surface area contributed by atoms with Crippen molar-refractivity contribution in [2.45, 2.75) is 19.2 Å². The molecule has 0 aromatic heterocycles. The van der Waals surface area contributed by atoms with Crippen molar-refractivity contribution in [2.75, 3.05) is 0 Å². The third-order valence-corrected chi connectivity index (χ3v) is 5.69. The van der Waals surface area contributed by atoms with E-state index in [4.69, 9.17) is 10.8 Å². The molecular weight excluding hydrogens is 509 g/mol. The second-order valence-corrected chi connectivity index (χ2v) is 8.56. The van der Waals surface area contributed by atoms with E-state index in [2.05, 4.69) is 0 Å². The number of carbonyl (C=O) groups is 2. The highest BCUT2D eigenvalue weighted by atomic mass is 19.4. The van der Waals surface area contributed by atoms with Gasteiger partial charge in [0.1, 0.15) is 0 Å². The number of benzene rings is 4. The summed E-state index contributed by atoms with van der Waals surface area (Å²) in [6, 6.07) is 26.8. The monoisotopic (exact) mass is 532 g/mol. The molecule has 1 atom stereocenters. The molecule has 1 unspecified atom stereocenters. The number of carbonyl (C=O) groups excluding carboxylic acids is 1. The zero-order valence-electron chi connectivity index (χ0n) is 20.6. The first-order valence-electron chi connectivity index (χ1n) is 11.5. The molecule has 4 aromatic carbocycles. The van der Waals surface area contributed by atoms with E-state index < -0.39 is 35.3 Å². The third-order valence-electron chi connectivity index (χ3n) is 5.69. The number of hydrogen-bond acceptors (Lipinski definition) is 4. The average Bonchev–Trinajstić information content (AvgIpc) is 2.92. The summed E-state index contributed by atoms with van der Waals surface area (Å²) in [5, 5.41) is 27.7. The van der Waals surface area contributed by atoms with Gasteiger partial charge in [0.05, 0.1) is 17.2 Å². The van der Waals surface area contributed by atoms with Crippen LogP contribution >= 0.6 is 0 Å². The molecule has 9 heteroatoms. The first-order chi connectivity index (χ1) is 18.4. The van der Waals surface area contributed by atoms with Crippen LogP contribution in [-0.2, 0) is 0 Å². The molecular formula is C30H23F3N2O4. The van der Waals surface area contributed by atoms with E-state index in [1.54, 1.807) is 31.2 Å². The van der Waals surface area contributed by atoms with Crippen LogP contribution in [0.2, 0.25) is 0 Å². The Bertz CT molecular complexity index is 1540. The van der Waals surface area contributed by atoms with Gasteiger partial charge in [0.2, 0.25) is 5.91 Å². The highest BCUT2D eigenvalue weighted by Gasteiger charge is 2.39. The topological polar surface area (TPSA) is 124 Å². The SMILES string of the molecule is Cc1ccc(-c2cc(C(=O)O)cc(C(O)C(F)(F)F)c2)c(C#N)c1.NC(=O)c1cccc(-c2ccccc2)c1. The van der Waals surface area contributed by atoms with Gasteiger partial charge in [-0.15, -0.1) is 0 Å². The summed E-state index contributed by atoms with van der Waals surface area (Å²) >= 11 is 0. The lowest BCUT2D eigenvalue weighted by Gasteiger charge is -2.17. The number of carboxylic acid groups (broad SMARTS) is 1. The molecule has 0 saturated heterocycles. The number of aryl methyl sites for hydroxylation is 1. The number of amides is 1. The summed E-state index contributed by atoms with van der Waals surface area (Å²) in [5.74, 6) is -1.83. The Labute approximate surface area is 222 Å². The maximum Gasteiger partial charge on any atom is 0.418 e. The molecule has 6 nitrogen and oxygen atoms in total. The van der Waals surface area contributed by atoms with Crippen molar-refractivity contribution in [1.82, 2.24) is 0 Å². The van der Waals surface area contributed by atoms with Crippen LogP contribution in [0.5, 0.6) is 0 Å². The van der Waals surface area contributed by atoms with Gasteiger partial charge in [-0.25, -0.2) is 4.79 Å². The van der Waals surface area contributed by atoms with E-state index in [0.29, 0.717) is 11.1 Å². The number of nitrogens with two attached hydrogens (primary N) is 1. The lowest BCUT2D eigenvalue weighted by atomic mass is 9.93. The Morgan fingerprint density at radius 3 is 2.08 bits per heavy atom. The van der Waals surface area contributed by atoms with Gasteiger partial charge in [-0.05, 0) is 76.7 Å². The summed E-state index contributed by atoms with van der Waals surface area (Å²) in [5.41, 5.74) is 8.23. The van der Waals surface area contributed by atoms with Crippen molar-refractivity contribution in [1.29, 1.82) is 5.26 Å². The Balaban J connectivity index is 0.000000239. The van der Waals surface area contributed by atoms with E-state index in [9.17, 15) is 33.1 Å². The number of rotatable bonds is 5. The van der Waals surface area contributed by atoms with Gasteiger partial charge in [0, 0.05) is 5.56 Å². The predicted octanol–water partition coefficient (Wildman–Crippen LogP) is 6.28. The van der Waals surface area contributed by atoms with Crippen LogP contribution in [0.25, 0.3) is 22.3 Å². The number of alkyl halides is 3. The minimum absolute atomic E-state index is 0.116. The summed E-state index contributed by atoms with van der Waals surface area (Å²) < 4.78 is 38.3. The number of nitrogens with zero attached hydrogens (tertiary/aromatic N) is 1. The average molecular weight is 533 g/mol. The van der Waals surface area contributed by atoms with Crippen LogP contribution in [0.3, 0.4) is 0 Å². The van der Waals surface area contributed by atoms with Crippen LogP contribution in [-0.4, -0.2) is 28.3 Å². The fourth-order valence-electron chi connectivity index (χ4n) is 3.76. The van der Waals surface area contributed by atoms with E-state index in [1.807, 2.05) is 48.5 Å². The first-order valence-corrected chi connectivity index (χ1v) is 11.5. The van der Waals surface area contributed by atoms with Gasteiger partial charge in [-0.3, -0.25) is 4.79 Å². The normalized spacial score (nSPS) is 11.5. The molecule has 0 aliphatic carbocycles. The number of aromatic carboxylic acids is 1. The molecule has 4 rings (SSSR count). The molecule has 0 aliphatic rings. The van der Waals surface area contributed by atoms with Crippen molar-refractivity contribution in [2.24, 2.45) is 5.73 Å². The number of aliphatic hydroxyl groups excluding tert-OH is 1. The van der Waals surface area contributed by atoms with Crippen molar-refractivity contribution < 1.29 is 33.0 Å². The summed E-state index contributed by atoms with van der Waals surface area (Å²) in [6.45, 7) is 1.75. The van der Waals surface area contributed by atoms with Gasteiger partial charge < -0.3 is 15.9 Å². The van der Waals surface area contributed by atoms with Crippen LogP contribution < -0.4 is 5.73 Å². The molecule has 0 fully saturated rings. The largest absolute Gasteiger partial charge is 0.478 e. The lowest BCUT2D eigenvalue weighted by Crippen LogP contribution is -2.20. The molecule has 39 heavy (non-hydrogen) atoms. The van der Waals surface area contributed by atoms with Crippen LogP contribution in [0.15, 0.2) is 91.0 Å². The minimum Gasteiger partial charge on any atom is -0.478 e. The quantitative estimate of drug-likeness (QED) is 0.279.